The summed E-state index contributed by atoms with van der Waals surface area (Å²) in [6.07, 6.45) is 22.7. The zero-order chi connectivity index (χ0) is 33.4. The highest BCUT2D eigenvalue weighted by atomic mass is 16.5. The van der Waals surface area contributed by atoms with E-state index in [9.17, 15) is 9.90 Å². The first kappa shape index (κ1) is 43.9. The van der Waals surface area contributed by atoms with Crippen LogP contribution in [0.25, 0.3) is 0 Å². The van der Waals surface area contributed by atoms with Gasteiger partial charge in [-0.3, -0.25) is 4.79 Å². The van der Waals surface area contributed by atoms with Crippen LogP contribution in [0.15, 0.2) is 0 Å². The standard InChI is InChI=1S/C37H74O3.CO2/c1-31(2)23-15-11-18-26-33(27-19-14-21-29-36(6,7)8)40-34(39)37(9,10)30-22-13-17-25-32(38)24-16-12-20-28-35(3,4)5;2-1-3/h31-33,38H,11-30H2,1-10H3;. The Kier molecular flexibility index (Phi) is 25.6. The van der Waals surface area contributed by atoms with Gasteiger partial charge in [-0.05, 0) is 88.4 Å². The molecule has 0 aromatic rings. The first-order valence-corrected chi connectivity index (χ1v) is 17.8. The highest BCUT2D eigenvalue weighted by Gasteiger charge is 2.30. The van der Waals surface area contributed by atoms with Crippen LogP contribution in [0.4, 0.5) is 0 Å². The lowest BCUT2D eigenvalue weighted by molar-refractivity contribution is -0.191. The average Bonchev–Trinajstić information content (AvgIpc) is 2.86. The Hall–Kier alpha value is -1.19. The van der Waals surface area contributed by atoms with E-state index in [1.807, 2.05) is 0 Å². The molecule has 0 aliphatic carbocycles. The number of rotatable bonds is 24. The zero-order valence-electron chi connectivity index (χ0n) is 30.5. The molecule has 2 unspecified atom stereocenters. The second kappa shape index (κ2) is 25.1. The van der Waals surface area contributed by atoms with E-state index in [1.165, 1.54) is 57.8 Å². The SMILES string of the molecule is CC(C)CCCCCC(CCCCCC(C)(C)C)OC(=O)C(C)(C)CCCCCC(O)CCCCCC(C)(C)C.O=C=O. The number of hydrogen-bond donors (Lipinski definition) is 1. The molecule has 43 heavy (non-hydrogen) atoms. The van der Waals surface area contributed by atoms with Crippen molar-refractivity contribution < 1.29 is 24.2 Å². The summed E-state index contributed by atoms with van der Waals surface area (Å²) in [4.78, 5) is 29.5. The van der Waals surface area contributed by atoms with Crippen molar-refractivity contribution in [1.29, 1.82) is 0 Å². The molecule has 5 heteroatoms. The van der Waals surface area contributed by atoms with Crippen LogP contribution in [-0.4, -0.2) is 29.4 Å². The molecule has 0 aromatic heterocycles. The number of aliphatic hydroxyl groups is 1. The molecule has 0 saturated heterocycles. The largest absolute Gasteiger partial charge is 0.462 e. The minimum Gasteiger partial charge on any atom is -0.462 e. The van der Waals surface area contributed by atoms with Crippen LogP contribution in [-0.2, 0) is 19.1 Å². The van der Waals surface area contributed by atoms with Gasteiger partial charge in [-0.15, -0.1) is 0 Å². The highest BCUT2D eigenvalue weighted by molar-refractivity contribution is 5.76. The van der Waals surface area contributed by atoms with Gasteiger partial charge in [-0.2, -0.15) is 9.59 Å². The molecule has 0 heterocycles. The molecule has 1 N–H and O–H groups in total. The Balaban J connectivity index is 0. The van der Waals surface area contributed by atoms with Crippen molar-refractivity contribution in [3.8, 4) is 0 Å². The van der Waals surface area contributed by atoms with Gasteiger partial charge in [-0.25, -0.2) is 0 Å². The van der Waals surface area contributed by atoms with Crippen LogP contribution in [0, 0.1) is 22.2 Å². The first-order valence-electron chi connectivity index (χ1n) is 17.8. The second-order valence-corrected chi connectivity index (χ2v) is 16.6. The topological polar surface area (TPSA) is 80.7 Å². The van der Waals surface area contributed by atoms with Crippen LogP contribution >= 0.6 is 0 Å². The summed E-state index contributed by atoms with van der Waals surface area (Å²) >= 11 is 0. The van der Waals surface area contributed by atoms with E-state index in [0.717, 1.165) is 76.5 Å². The van der Waals surface area contributed by atoms with Crippen LogP contribution < -0.4 is 0 Å². The molecule has 256 valence electrons. The van der Waals surface area contributed by atoms with E-state index in [-0.39, 0.29) is 24.3 Å². The summed E-state index contributed by atoms with van der Waals surface area (Å²) < 4.78 is 6.19. The fourth-order valence-corrected chi connectivity index (χ4v) is 5.46. The van der Waals surface area contributed by atoms with Crippen molar-refractivity contribution in [1.82, 2.24) is 0 Å². The summed E-state index contributed by atoms with van der Waals surface area (Å²) in [6, 6.07) is 0. The second-order valence-electron chi connectivity index (χ2n) is 16.6. The number of esters is 1. The normalized spacial score (nSPS) is 13.7. The van der Waals surface area contributed by atoms with Gasteiger partial charge in [0.15, 0.2) is 0 Å². The molecule has 0 aliphatic heterocycles. The van der Waals surface area contributed by atoms with Gasteiger partial charge >= 0.3 is 12.1 Å². The number of unbranched alkanes of at least 4 members (excludes halogenated alkanes) is 8. The predicted molar refractivity (Wildman–Crippen MR) is 181 cm³/mol. The maximum Gasteiger partial charge on any atom is 0.373 e. The van der Waals surface area contributed by atoms with E-state index < -0.39 is 5.41 Å². The molecule has 0 aliphatic rings. The summed E-state index contributed by atoms with van der Waals surface area (Å²) in [5.41, 5.74) is 0.378. The smallest absolute Gasteiger partial charge is 0.373 e. The monoisotopic (exact) mass is 611 g/mol. The number of hydrogen-bond acceptors (Lipinski definition) is 5. The third-order valence-electron chi connectivity index (χ3n) is 8.39. The third kappa shape index (κ3) is 32.0. The quantitative estimate of drug-likeness (QED) is 0.0868. The van der Waals surface area contributed by atoms with E-state index in [1.54, 1.807) is 0 Å². The Bertz CT molecular complexity index is 692. The van der Waals surface area contributed by atoms with Crippen LogP contribution in [0.3, 0.4) is 0 Å². The van der Waals surface area contributed by atoms with E-state index in [4.69, 9.17) is 14.3 Å². The number of aliphatic hydroxyl groups excluding tert-OH is 1. The van der Waals surface area contributed by atoms with E-state index in [0.29, 0.717) is 10.8 Å². The van der Waals surface area contributed by atoms with Crippen LogP contribution in [0.1, 0.15) is 198 Å². The molecule has 2 atom stereocenters. The maximum atomic E-state index is 13.2. The summed E-state index contributed by atoms with van der Waals surface area (Å²) in [7, 11) is 0. The average molecular weight is 611 g/mol. The summed E-state index contributed by atoms with van der Waals surface area (Å²) in [5, 5.41) is 10.4. The molecular weight excluding hydrogens is 536 g/mol. The van der Waals surface area contributed by atoms with Crippen molar-refractivity contribution in [3.05, 3.63) is 0 Å². The Labute approximate surface area is 268 Å². The van der Waals surface area contributed by atoms with Crippen LogP contribution in [0.5, 0.6) is 0 Å². The molecule has 0 saturated carbocycles. The van der Waals surface area contributed by atoms with Gasteiger partial charge < -0.3 is 9.84 Å². The summed E-state index contributed by atoms with van der Waals surface area (Å²) in [5.74, 6) is 0.758. The number of ether oxygens (including phenoxy) is 1. The van der Waals surface area contributed by atoms with Crippen molar-refractivity contribution >= 4 is 12.1 Å². The van der Waals surface area contributed by atoms with Crippen molar-refractivity contribution in [2.75, 3.05) is 0 Å². The number of carbonyl (C=O) groups is 1. The fourth-order valence-electron chi connectivity index (χ4n) is 5.46. The van der Waals surface area contributed by atoms with Gasteiger partial charge in [0.05, 0.1) is 11.5 Å². The number of carbonyl (C=O) groups excluding carboxylic acids is 3. The Morgan fingerprint density at radius 3 is 1.33 bits per heavy atom. The molecular formula is C38H74O5. The molecule has 0 rings (SSSR count). The molecule has 0 radical (unpaired) electrons. The molecule has 0 spiro atoms. The third-order valence-corrected chi connectivity index (χ3v) is 8.39. The van der Waals surface area contributed by atoms with Crippen molar-refractivity contribution in [3.63, 3.8) is 0 Å². The van der Waals surface area contributed by atoms with Crippen molar-refractivity contribution in [2.45, 2.75) is 210 Å². The molecule has 0 amide bonds. The molecule has 0 bridgehead atoms. The first-order chi connectivity index (χ1) is 19.9. The Morgan fingerprint density at radius 2 is 0.930 bits per heavy atom. The molecule has 0 fully saturated rings. The lowest BCUT2D eigenvalue weighted by Gasteiger charge is -2.27. The fraction of sp³-hybridized carbons (Fsp3) is 0.947. The van der Waals surface area contributed by atoms with E-state index >= 15 is 0 Å². The van der Waals surface area contributed by atoms with Gasteiger partial charge in [0.2, 0.25) is 0 Å². The maximum absolute atomic E-state index is 13.2. The molecule has 0 aromatic carbocycles. The van der Waals surface area contributed by atoms with Gasteiger partial charge in [-0.1, -0.05) is 126 Å². The van der Waals surface area contributed by atoms with Gasteiger partial charge in [0, 0.05) is 0 Å². The molecule has 5 nitrogen and oxygen atoms in total. The minimum atomic E-state index is -0.437. The van der Waals surface area contributed by atoms with Crippen molar-refractivity contribution in [2.24, 2.45) is 22.2 Å². The van der Waals surface area contributed by atoms with Gasteiger partial charge in [0.1, 0.15) is 6.10 Å². The lowest BCUT2D eigenvalue weighted by atomic mass is 9.86. The summed E-state index contributed by atoms with van der Waals surface area (Å²) in [6.45, 7) is 22.5. The highest BCUT2D eigenvalue weighted by Crippen LogP contribution is 2.29. The zero-order valence-corrected chi connectivity index (χ0v) is 30.5. The van der Waals surface area contributed by atoms with Crippen LogP contribution in [0.2, 0.25) is 0 Å². The van der Waals surface area contributed by atoms with E-state index in [2.05, 4.69) is 69.2 Å². The predicted octanol–water partition coefficient (Wildman–Crippen LogP) is 11.3. The van der Waals surface area contributed by atoms with Gasteiger partial charge in [0.25, 0.3) is 0 Å². The Morgan fingerprint density at radius 1 is 0.581 bits per heavy atom. The lowest BCUT2D eigenvalue weighted by Crippen LogP contribution is -2.31. The minimum absolute atomic E-state index is 0.00957.